The molecule has 0 bridgehead atoms. The van der Waals surface area contributed by atoms with Crippen molar-refractivity contribution in [3.05, 3.63) is 47.5 Å². The van der Waals surface area contributed by atoms with Gasteiger partial charge in [-0.05, 0) is 25.1 Å². The molecule has 0 aliphatic carbocycles. The van der Waals surface area contributed by atoms with Gasteiger partial charge in [0.25, 0.3) is 5.91 Å². The molecule has 0 N–H and O–H groups in total. The second-order valence-electron chi connectivity index (χ2n) is 7.46. The second kappa shape index (κ2) is 10.7. The lowest BCUT2D eigenvalue weighted by atomic mass is 10.1. The minimum absolute atomic E-state index is 0.0823. The van der Waals surface area contributed by atoms with Crippen LogP contribution in [0.5, 0.6) is 23.0 Å². The Kier molecular flexibility index (Phi) is 7.79. The average Bonchev–Trinajstić information content (AvgIpc) is 2.83. The van der Waals surface area contributed by atoms with Crippen LogP contribution in [0.4, 0.5) is 0 Å². The quantitative estimate of drug-likeness (QED) is 0.625. The van der Waals surface area contributed by atoms with Crippen LogP contribution in [0, 0.1) is 11.3 Å². The normalized spacial score (nSPS) is 14.9. The van der Waals surface area contributed by atoms with Gasteiger partial charge in [-0.15, -0.1) is 0 Å². The van der Waals surface area contributed by atoms with Gasteiger partial charge in [-0.25, -0.2) is 0 Å². The fraction of sp³-hybridized carbons (Fsp3) is 0.417. The Labute approximate surface area is 188 Å². The van der Waals surface area contributed by atoms with Gasteiger partial charge in [-0.3, -0.25) is 9.69 Å². The predicted octanol–water partition coefficient (Wildman–Crippen LogP) is 2.70. The predicted molar refractivity (Wildman–Crippen MR) is 119 cm³/mol. The molecule has 1 amide bonds. The second-order valence-corrected chi connectivity index (χ2v) is 7.46. The van der Waals surface area contributed by atoms with Gasteiger partial charge in [0.15, 0.2) is 17.6 Å². The summed E-state index contributed by atoms with van der Waals surface area (Å²) in [7, 11) is 4.80. The molecule has 170 valence electrons. The van der Waals surface area contributed by atoms with E-state index in [-0.39, 0.29) is 5.91 Å². The molecule has 1 fully saturated rings. The van der Waals surface area contributed by atoms with E-state index in [0.717, 1.165) is 18.7 Å². The van der Waals surface area contributed by atoms with Crippen LogP contribution in [0.2, 0.25) is 0 Å². The molecule has 2 aromatic rings. The van der Waals surface area contributed by atoms with Crippen molar-refractivity contribution in [3.8, 4) is 29.1 Å². The highest BCUT2D eigenvalue weighted by Crippen LogP contribution is 2.40. The Balaban J connectivity index is 1.59. The summed E-state index contributed by atoms with van der Waals surface area (Å²) in [5.74, 6) is 2.19. The van der Waals surface area contributed by atoms with Crippen LogP contribution in [-0.2, 0) is 11.3 Å². The first-order valence-electron chi connectivity index (χ1n) is 10.5. The van der Waals surface area contributed by atoms with Crippen molar-refractivity contribution in [1.82, 2.24) is 9.80 Å². The van der Waals surface area contributed by atoms with Crippen molar-refractivity contribution in [2.24, 2.45) is 0 Å². The summed E-state index contributed by atoms with van der Waals surface area (Å²) in [6.45, 7) is 5.05. The number of nitrogens with zero attached hydrogens (tertiary/aromatic N) is 3. The standard InChI is InChI=1S/C24H29N3O5/c1-17(32-20-8-6-5-7-18(20)15-25)24(28)27-13-11-26(12-14-27)16-19-9-10-21(29-2)23(31-4)22(19)30-3/h5-10,17H,11-14,16H2,1-4H3. The van der Waals surface area contributed by atoms with Gasteiger partial charge in [-0.2, -0.15) is 5.26 Å². The van der Waals surface area contributed by atoms with Crippen molar-refractivity contribution < 1.29 is 23.7 Å². The Morgan fingerprint density at radius 3 is 2.28 bits per heavy atom. The lowest BCUT2D eigenvalue weighted by molar-refractivity contribution is -0.139. The fourth-order valence-corrected chi connectivity index (χ4v) is 3.81. The summed E-state index contributed by atoms with van der Waals surface area (Å²) in [6, 6.07) is 12.9. The fourth-order valence-electron chi connectivity index (χ4n) is 3.81. The van der Waals surface area contributed by atoms with E-state index in [0.29, 0.717) is 48.2 Å². The molecule has 1 saturated heterocycles. The number of benzene rings is 2. The Morgan fingerprint density at radius 2 is 1.66 bits per heavy atom. The molecule has 1 aliphatic heterocycles. The highest BCUT2D eigenvalue weighted by molar-refractivity contribution is 5.81. The third-order valence-corrected chi connectivity index (χ3v) is 5.52. The Bertz CT molecular complexity index is 980. The molecule has 1 heterocycles. The molecule has 8 heteroatoms. The molecular weight excluding hydrogens is 410 g/mol. The zero-order valence-corrected chi connectivity index (χ0v) is 19.0. The van der Waals surface area contributed by atoms with E-state index >= 15 is 0 Å². The van der Waals surface area contributed by atoms with Crippen molar-refractivity contribution in [3.63, 3.8) is 0 Å². The third kappa shape index (κ3) is 5.06. The zero-order chi connectivity index (χ0) is 23.1. The van der Waals surface area contributed by atoms with Gasteiger partial charge in [0.05, 0.1) is 26.9 Å². The summed E-state index contributed by atoms with van der Waals surface area (Å²) in [5.41, 5.74) is 1.41. The van der Waals surface area contributed by atoms with Gasteiger partial charge >= 0.3 is 0 Å². The molecule has 0 radical (unpaired) electrons. The van der Waals surface area contributed by atoms with Crippen molar-refractivity contribution >= 4 is 5.91 Å². The van der Waals surface area contributed by atoms with Gasteiger partial charge in [0.1, 0.15) is 11.8 Å². The lowest BCUT2D eigenvalue weighted by Gasteiger charge is -2.36. The molecular formula is C24H29N3O5. The molecule has 0 spiro atoms. The maximum Gasteiger partial charge on any atom is 0.263 e. The lowest BCUT2D eigenvalue weighted by Crippen LogP contribution is -2.51. The summed E-state index contributed by atoms with van der Waals surface area (Å²) >= 11 is 0. The number of hydrogen-bond acceptors (Lipinski definition) is 7. The molecule has 0 aromatic heterocycles. The maximum atomic E-state index is 12.9. The van der Waals surface area contributed by atoms with Crippen LogP contribution >= 0.6 is 0 Å². The largest absolute Gasteiger partial charge is 0.493 e. The monoisotopic (exact) mass is 439 g/mol. The molecule has 8 nitrogen and oxygen atoms in total. The summed E-state index contributed by atoms with van der Waals surface area (Å²) in [4.78, 5) is 16.9. The minimum Gasteiger partial charge on any atom is -0.493 e. The van der Waals surface area contributed by atoms with Crippen LogP contribution in [0.1, 0.15) is 18.1 Å². The summed E-state index contributed by atoms with van der Waals surface area (Å²) < 4.78 is 22.2. The van der Waals surface area contributed by atoms with Crippen LogP contribution in [-0.4, -0.2) is 69.3 Å². The number of nitriles is 1. The van der Waals surface area contributed by atoms with E-state index in [1.165, 1.54) is 0 Å². The number of rotatable bonds is 8. The van der Waals surface area contributed by atoms with Gasteiger partial charge in [0.2, 0.25) is 5.75 Å². The number of ether oxygens (including phenoxy) is 4. The molecule has 3 rings (SSSR count). The van der Waals surface area contributed by atoms with Crippen molar-refractivity contribution in [1.29, 1.82) is 5.26 Å². The van der Waals surface area contributed by atoms with E-state index in [2.05, 4.69) is 11.0 Å². The number of carbonyl (C=O) groups is 1. The smallest absolute Gasteiger partial charge is 0.263 e. The van der Waals surface area contributed by atoms with E-state index in [1.54, 1.807) is 52.5 Å². The topological polar surface area (TPSA) is 84.3 Å². The van der Waals surface area contributed by atoms with Gasteiger partial charge in [-0.1, -0.05) is 18.2 Å². The van der Waals surface area contributed by atoms with E-state index in [9.17, 15) is 10.1 Å². The van der Waals surface area contributed by atoms with Crippen LogP contribution in [0.15, 0.2) is 36.4 Å². The van der Waals surface area contributed by atoms with E-state index in [1.807, 2.05) is 17.0 Å². The number of para-hydroxylation sites is 1. The third-order valence-electron chi connectivity index (χ3n) is 5.52. The van der Waals surface area contributed by atoms with Crippen LogP contribution in [0.25, 0.3) is 0 Å². The molecule has 1 atom stereocenters. The molecule has 32 heavy (non-hydrogen) atoms. The highest BCUT2D eigenvalue weighted by Gasteiger charge is 2.27. The molecule has 1 unspecified atom stereocenters. The van der Waals surface area contributed by atoms with E-state index in [4.69, 9.17) is 18.9 Å². The minimum atomic E-state index is -0.665. The number of amides is 1. The maximum absolute atomic E-state index is 12.9. The van der Waals surface area contributed by atoms with Crippen molar-refractivity contribution in [2.75, 3.05) is 47.5 Å². The first-order chi connectivity index (χ1) is 15.5. The Hall–Kier alpha value is -3.44. The van der Waals surface area contributed by atoms with Crippen molar-refractivity contribution in [2.45, 2.75) is 19.6 Å². The van der Waals surface area contributed by atoms with Crippen LogP contribution < -0.4 is 18.9 Å². The van der Waals surface area contributed by atoms with Gasteiger partial charge in [0, 0.05) is 38.3 Å². The Morgan fingerprint density at radius 1 is 0.969 bits per heavy atom. The first kappa shape index (κ1) is 23.2. The van der Waals surface area contributed by atoms with Crippen LogP contribution in [0.3, 0.4) is 0 Å². The molecule has 2 aromatic carbocycles. The van der Waals surface area contributed by atoms with E-state index < -0.39 is 6.10 Å². The molecule has 1 aliphatic rings. The number of carbonyl (C=O) groups excluding carboxylic acids is 1. The number of methoxy groups -OCH3 is 3. The number of piperazine rings is 1. The first-order valence-corrected chi connectivity index (χ1v) is 10.5. The summed E-state index contributed by atoms with van der Waals surface area (Å²) in [5, 5.41) is 9.21. The highest BCUT2D eigenvalue weighted by atomic mass is 16.5. The number of hydrogen-bond donors (Lipinski definition) is 0. The average molecular weight is 440 g/mol. The van der Waals surface area contributed by atoms with Gasteiger partial charge < -0.3 is 23.8 Å². The zero-order valence-electron chi connectivity index (χ0n) is 19.0. The summed E-state index contributed by atoms with van der Waals surface area (Å²) in [6.07, 6.45) is -0.665. The SMILES string of the molecule is COc1ccc(CN2CCN(C(=O)C(C)Oc3ccccc3C#N)CC2)c(OC)c1OC. The molecule has 0 saturated carbocycles.